The molecule has 0 spiro atoms. The summed E-state index contributed by atoms with van der Waals surface area (Å²) in [6, 6.07) is 13.1. The second-order valence-electron chi connectivity index (χ2n) is 6.05. The molecule has 0 fully saturated rings. The maximum atomic E-state index is 12.9. The first-order valence-electron chi connectivity index (χ1n) is 8.37. The van der Waals surface area contributed by atoms with E-state index in [-0.39, 0.29) is 13.2 Å². The fourth-order valence-electron chi connectivity index (χ4n) is 2.42. The van der Waals surface area contributed by atoms with Gasteiger partial charge in [-0.25, -0.2) is 9.18 Å². The Morgan fingerprint density at radius 3 is 2.57 bits per heavy atom. The number of carbonyl (C=O) groups is 2. The van der Waals surface area contributed by atoms with Crippen LogP contribution in [0.5, 0.6) is 5.75 Å². The SMILES string of the molecule is CN(CC(=O)Nc1ccc(F)cc1)C(=O)COc1ccc2ccc(=O)oc2c1. The smallest absolute Gasteiger partial charge is 0.336 e. The minimum absolute atomic E-state index is 0.188. The van der Waals surface area contributed by atoms with Crippen molar-refractivity contribution in [3.63, 3.8) is 0 Å². The highest BCUT2D eigenvalue weighted by Gasteiger charge is 2.14. The topological polar surface area (TPSA) is 88.9 Å². The van der Waals surface area contributed by atoms with Crippen LogP contribution in [0.25, 0.3) is 11.0 Å². The zero-order valence-corrected chi connectivity index (χ0v) is 15.0. The summed E-state index contributed by atoms with van der Waals surface area (Å²) in [7, 11) is 1.47. The van der Waals surface area contributed by atoms with Gasteiger partial charge in [-0.3, -0.25) is 9.59 Å². The molecule has 2 amide bonds. The molecular formula is C20H17FN2O5. The summed E-state index contributed by atoms with van der Waals surface area (Å²) in [5, 5.41) is 3.30. The fourth-order valence-corrected chi connectivity index (χ4v) is 2.42. The highest BCUT2D eigenvalue weighted by molar-refractivity contribution is 5.94. The number of likely N-dealkylation sites (N-methyl/N-ethyl adjacent to an activating group) is 1. The Morgan fingerprint density at radius 2 is 1.82 bits per heavy atom. The number of hydrogen-bond acceptors (Lipinski definition) is 5. The number of ether oxygens (including phenoxy) is 1. The average Bonchev–Trinajstić information content (AvgIpc) is 2.67. The number of halogens is 1. The summed E-state index contributed by atoms with van der Waals surface area (Å²) in [4.78, 5) is 36.6. The van der Waals surface area contributed by atoms with Crippen molar-refractivity contribution in [3.8, 4) is 5.75 Å². The van der Waals surface area contributed by atoms with Crippen LogP contribution in [0, 0.1) is 5.82 Å². The van der Waals surface area contributed by atoms with Crippen LogP contribution in [0.15, 0.2) is 63.8 Å². The third kappa shape index (κ3) is 4.94. The fraction of sp³-hybridized carbons (Fsp3) is 0.150. The number of hydrogen-bond donors (Lipinski definition) is 1. The summed E-state index contributed by atoms with van der Waals surface area (Å²) in [6.07, 6.45) is 0. The molecule has 1 aromatic heterocycles. The molecule has 0 aliphatic rings. The van der Waals surface area contributed by atoms with E-state index in [4.69, 9.17) is 9.15 Å². The summed E-state index contributed by atoms with van der Waals surface area (Å²) in [6.45, 7) is -0.477. The summed E-state index contributed by atoms with van der Waals surface area (Å²) in [5.41, 5.74) is 0.304. The Labute approximate surface area is 159 Å². The number of anilines is 1. The van der Waals surface area contributed by atoms with Crippen molar-refractivity contribution in [2.45, 2.75) is 0 Å². The van der Waals surface area contributed by atoms with Gasteiger partial charge in [-0.1, -0.05) is 0 Å². The predicted molar refractivity (Wildman–Crippen MR) is 101 cm³/mol. The average molecular weight is 384 g/mol. The van der Waals surface area contributed by atoms with Crippen molar-refractivity contribution >= 4 is 28.5 Å². The van der Waals surface area contributed by atoms with Crippen molar-refractivity contribution in [1.82, 2.24) is 4.90 Å². The Morgan fingerprint density at radius 1 is 1.11 bits per heavy atom. The molecule has 7 nitrogen and oxygen atoms in total. The quantitative estimate of drug-likeness (QED) is 0.660. The van der Waals surface area contributed by atoms with E-state index in [9.17, 15) is 18.8 Å². The molecule has 0 saturated heterocycles. The van der Waals surface area contributed by atoms with Gasteiger partial charge in [0.05, 0.1) is 6.54 Å². The van der Waals surface area contributed by atoms with Gasteiger partial charge in [0, 0.05) is 30.3 Å². The maximum Gasteiger partial charge on any atom is 0.336 e. The molecule has 28 heavy (non-hydrogen) atoms. The summed E-state index contributed by atoms with van der Waals surface area (Å²) < 4.78 is 23.4. The van der Waals surface area contributed by atoms with Crippen LogP contribution in [-0.4, -0.2) is 36.9 Å². The second-order valence-corrected chi connectivity index (χ2v) is 6.05. The van der Waals surface area contributed by atoms with E-state index >= 15 is 0 Å². The molecule has 144 valence electrons. The molecule has 0 radical (unpaired) electrons. The van der Waals surface area contributed by atoms with Crippen LogP contribution >= 0.6 is 0 Å². The molecule has 0 bridgehead atoms. The first kappa shape index (κ1) is 19.1. The van der Waals surface area contributed by atoms with Gasteiger partial charge in [0.15, 0.2) is 6.61 Å². The van der Waals surface area contributed by atoms with E-state index < -0.39 is 23.3 Å². The van der Waals surface area contributed by atoms with E-state index in [0.717, 1.165) is 5.39 Å². The van der Waals surface area contributed by atoms with E-state index in [0.29, 0.717) is 17.0 Å². The first-order valence-corrected chi connectivity index (χ1v) is 8.37. The molecule has 0 unspecified atom stereocenters. The van der Waals surface area contributed by atoms with Crippen molar-refractivity contribution in [2.24, 2.45) is 0 Å². The summed E-state index contributed by atoms with van der Waals surface area (Å²) in [5.74, 6) is -0.881. The van der Waals surface area contributed by atoms with Gasteiger partial charge in [0.1, 0.15) is 17.1 Å². The van der Waals surface area contributed by atoms with Crippen LogP contribution < -0.4 is 15.7 Å². The van der Waals surface area contributed by atoms with Crippen molar-refractivity contribution in [1.29, 1.82) is 0 Å². The molecule has 0 aliphatic heterocycles. The van der Waals surface area contributed by atoms with Gasteiger partial charge in [0.25, 0.3) is 5.91 Å². The van der Waals surface area contributed by atoms with Crippen LogP contribution in [0.4, 0.5) is 10.1 Å². The molecule has 0 atom stereocenters. The number of nitrogens with one attached hydrogen (secondary N) is 1. The molecule has 1 N–H and O–H groups in total. The van der Waals surface area contributed by atoms with Crippen LogP contribution in [0.3, 0.4) is 0 Å². The lowest BCUT2D eigenvalue weighted by Gasteiger charge is -2.17. The lowest BCUT2D eigenvalue weighted by atomic mass is 10.2. The van der Waals surface area contributed by atoms with Crippen LogP contribution in [-0.2, 0) is 9.59 Å². The standard InChI is InChI=1S/C20H17FN2O5/c1-23(11-18(24)22-15-6-4-14(21)5-7-15)19(25)12-27-16-8-2-13-3-9-20(26)28-17(13)10-16/h2-10H,11-12H2,1H3,(H,22,24). The molecule has 3 aromatic rings. The minimum Gasteiger partial charge on any atom is -0.484 e. The Bertz CT molecular complexity index is 1060. The van der Waals surface area contributed by atoms with Gasteiger partial charge in [-0.15, -0.1) is 0 Å². The Kier molecular flexibility index (Phi) is 5.69. The van der Waals surface area contributed by atoms with Gasteiger partial charge in [0.2, 0.25) is 5.91 Å². The van der Waals surface area contributed by atoms with Crippen LogP contribution in [0.1, 0.15) is 0 Å². The van der Waals surface area contributed by atoms with Crippen molar-refractivity contribution in [3.05, 3.63) is 70.8 Å². The third-order valence-electron chi connectivity index (χ3n) is 3.89. The van der Waals surface area contributed by atoms with Gasteiger partial charge in [-0.05, 0) is 42.5 Å². The number of fused-ring (bicyclic) bond motifs is 1. The Hall–Kier alpha value is -3.68. The normalized spacial score (nSPS) is 10.5. The van der Waals surface area contributed by atoms with Crippen molar-refractivity contribution < 1.29 is 23.1 Å². The zero-order valence-electron chi connectivity index (χ0n) is 15.0. The third-order valence-corrected chi connectivity index (χ3v) is 3.89. The molecular weight excluding hydrogens is 367 g/mol. The molecule has 2 aromatic carbocycles. The molecule has 3 rings (SSSR count). The second kappa shape index (κ2) is 8.34. The molecule has 1 heterocycles. The number of nitrogens with zero attached hydrogens (tertiary/aromatic N) is 1. The van der Waals surface area contributed by atoms with E-state index in [1.165, 1.54) is 48.3 Å². The van der Waals surface area contributed by atoms with E-state index in [2.05, 4.69) is 5.32 Å². The van der Waals surface area contributed by atoms with Crippen LogP contribution in [0.2, 0.25) is 0 Å². The van der Waals surface area contributed by atoms with Gasteiger partial charge >= 0.3 is 5.63 Å². The number of amides is 2. The molecule has 8 heteroatoms. The minimum atomic E-state index is -0.479. The van der Waals surface area contributed by atoms with E-state index in [1.807, 2.05) is 0 Å². The maximum absolute atomic E-state index is 12.9. The predicted octanol–water partition coefficient (Wildman–Crippen LogP) is 2.41. The molecule has 0 aliphatic carbocycles. The van der Waals surface area contributed by atoms with Crippen molar-refractivity contribution in [2.75, 3.05) is 25.5 Å². The number of benzene rings is 2. The Balaban J connectivity index is 1.53. The highest BCUT2D eigenvalue weighted by Crippen LogP contribution is 2.19. The molecule has 0 saturated carbocycles. The highest BCUT2D eigenvalue weighted by atomic mass is 19.1. The van der Waals surface area contributed by atoms with Gasteiger partial charge < -0.3 is 19.4 Å². The largest absolute Gasteiger partial charge is 0.484 e. The lowest BCUT2D eigenvalue weighted by molar-refractivity contribution is -0.135. The number of rotatable bonds is 6. The van der Waals surface area contributed by atoms with Gasteiger partial charge in [-0.2, -0.15) is 0 Å². The monoisotopic (exact) mass is 384 g/mol. The first-order chi connectivity index (χ1) is 13.4. The lowest BCUT2D eigenvalue weighted by Crippen LogP contribution is -2.37. The summed E-state index contributed by atoms with van der Waals surface area (Å²) >= 11 is 0. The zero-order chi connectivity index (χ0) is 20.1. The van der Waals surface area contributed by atoms with E-state index in [1.54, 1.807) is 18.2 Å². The number of carbonyl (C=O) groups excluding carboxylic acids is 2.